The van der Waals surface area contributed by atoms with Crippen LogP contribution in [0.5, 0.6) is 0 Å². The maximum atomic E-state index is 5.11. The summed E-state index contributed by atoms with van der Waals surface area (Å²) in [4.78, 5) is 19.6. The Morgan fingerprint density at radius 3 is 2.37 bits per heavy atom. The molecule has 0 radical (unpaired) electrons. The van der Waals surface area contributed by atoms with E-state index in [1.54, 1.807) is 0 Å². The van der Waals surface area contributed by atoms with Gasteiger partial charge in [0.1, 0.15) is 6.04 Å². The molecule has 0 amide bonds. The normalized spacial score (nSPS) is 22.0. The van der Waals surface area contributed by atoms with Crippen LogP contribution in [0.3, 0.4) is 0 Å². The SMILES string of the molecule is C1=CC2C=Cc3ccc(-c4ccc5ccc(-c6ccc7c(n6)C6=NC=CCC6C=C7)cc5c4)nc3C2N=C1. The molecule has 0 N–H and O–H groups in total. The van der Waals surface area contributed by atoms with Gasteiger partial charge in [-0.3, -0.25) is 9.98 Å². The summed E-state index contributed by atoms with van der Waals surface area (Å²) in [6.45, 7) is 0. The fraction of sp³-hybridized carbons (Fsp3) is 0.118. The first-order valence-corrected chi connectivity index (χ1v) is 13.2. The lowest BCUT2D eigenvalue weighted by Gasteiger charge is -2.26. The molecule has 4 nitrogen and oxygen atoms in total. The number of aromatic nitrogens is 2. The fourth-order valence-corrected chi connectivity index (χ4v) is 5.90. The van der Waals surface area contributed by atoms with Crippen LogP contribution in [0, 0.1) is 11.8 Å². The largest absolute Gasteiger partial charge is 0.282 e. The van der Waals surface area contributed by atoms with Crippen molar-refractivity contribution in [2.75, 3.05) is 0 Å². The van der Waals surface area contributed by atoms with Crippen molar-refractivity contribution in [3.8, 4) is 22.5 Å². The van der Waals surface area contributed by atoms with Crippen molar-refractivity contribution in [3.05, 3.63) is 120 Å². The molecule has 4 aliphatic rings. The smallest absolute Gasteiger partial charge is 0.102 e. The number of nitrogens with zero attached hydrogens (tertiary/aromatic N) is 4. The number of rotatable bonds is 2. The van der Waals surface area contributed by atoms with Gasteiger partial charge in [-0.05, 0) is 53.1 Å². The maximum Gasteiger partial charge on any atom is 0.102 e. The minimum Gasteiger partial charge on any atom is -0.282 e. The lowest BCUT2D eigenvalue weighted by Crippen LogP contribution is -2.21. The predicted molar refractivity (Wildman–Crippen MR) is 156 cm³/mol. The zero-order chi connectivity index (χ0) is 25.1. The number of hydrogen-bond acceptors (Lipinski definition) is 4. The fourth-order valence-electron chi connectivity index (χ4n) is 5.90. The zero-order valence-corrected chi connectivity index (χ0v) is 20.7. The monoisotopic (exact) mass is 488 g/mol. The average Bonchev–Trinajstić information content (AvgIpc) is 3.00. The molecule has 2 aromatic heterocycles. The van der Waals surface area contributed by atoms with Crippen LogP contribution in [0.4, 0.5) is 0 Å². The van der Waals surface area contributed by atoms with Crippen molar-refractivity contribution < 1.29 is 0 Å². The second kappa shape index (κ2) is 8.42. The third kappa shape index (κ3) is 3.45. The minimum atomic E-state index is 0.0563. The standard InChI is InChI=1S/C34H24N4/c1-3-22-7-9-24-13-15-29(37-33(24)31(22)35-17-1)26-11-5-21-6-12-27(20-28(21)19-26)30-16-14-25-10-8-23-4-2-18-36-32(23)34(25)38-30/h1-3,5-20,22-23,31H,4H2. The molecule has 180 valence electrons. The van der Waals surface area contributed by atoms with Crippen LogP contribution >= 0.6 is 0 Å². The van der Waals surface area contributed by atoms with Gasteiger partial charge in [0.2, 0.25) is 0 Å². The van der Waals surface area contributed by atoms with Crippen LogP contribution in [-0.2, 0) is 0 Å². The lowest BCUT2D eigenvalue weighted by molar-refractivity contribution is 0.594. The lowest BCUT2D eigenvalue weighted by atomic mass is 9.87. The van der Waals surface area contributed by atoms with E-state index in [1.165, 1.54) is 10.8 Å². The number of allylic oxidation sites excluding steroid dienone is 3. The van der Waals surface area contributed by atoms with Crippen molar-refractivity contribution in [1.29, 1.82) is 0 Å². The van der Waals surface area contributed by atoms with E-state index in [-0.39, 0.29) is 12.0 Å². The molecule has 0 fully saturated rings. The van der Waals surface area contributed by atoms with Gasteiger partial charge in [0.05, 0.1) is 28.5 Å². The van der Waals surface area contributed by atoms with Gasteiger partial charge in [0.15, 0.2) is 0 Å². The Labute approximate surface area is 221 Å². The van der Waals surface area contributed by atoms with Gasteiger partial charge < -0.3 is 0 Å². The highest BCUT2D eigenvalue weighted by Crippen LogP contribution is 2.38. The molecule has 4 heterocycles. The molecular formula is C34H24N4. The quantitative estimate of drug-likeness (QED) is 0.291. The molecule has 0 saturated heterocycles. The molecule has 4 heteroatoms. The van der Waals surface area contributed by atoms with E-state index in [2.05, 4.69) is 102 Å². The van der Waals surface area contributed by atoms with Crippen molar-refractivity contribution >= 4 is 34.9 Å². The Hall–Kier alpha value is -4.70. The second-order valence-electron chi connectivity index (χ2n) is 10.2. The van der Waals surface area contributed by atoms with Crippen molar-refractivity contribution in [2.24, 2.45) is 21.8 Å². The highest BCUT2D eigenvalue weighted by Gasteiger charge is 2.27. The van der Waals surface area contributed by atoms with E-state index >= 15 is 0 Å². The van der Waals surface area contributed by atoms with E-state index in [1.807, 2.05) is 18.5 Å². The van der Waals surface area contributed by atoms with Crippen LogP contribution in [-0.4, -0.2) is 21.9 Å². The average molecular weight is 489 g/mol. The van der Waals surface area contributed by atoms with E-state index in [9.17, 15) is 0 Å². The maximum absolute atomic E-state index is 5.11. The van der Waals surface area contributed by atoms with Crippen LogP contribution in [0.1, 0.15) is 35.0 Å². The number of hydrogen-bond donors (Lipinski definition) is 0. The first-order chi connectivity index (χ1) is 18.8. The van der Waals surface area contributed by atoms with E-state index in [4.69, 9.17) is 15.0 Å². The van der Waals surface area contributed by atoms with Gasteiger partial charge >= 0.3 is 0 Å². The Balaban J connectivity index is 1.18. The van der Waals surface area contributed by atoms with E-state index in [0.29, 0.717) is 5.92 Å². The summed E-state index contributed by atoms with van der Waals surface area (Å²) in [5.41, 5.74) is 9.56. The van der Waals surface area contributed by atoms with Crippen LogP contribution in [0.2, 0.25) is 0 Å². The summed E-state index contributed by atoms with van der Waals surface area (Å²) < 4.78 is 0. The van der Waals surface area contributed by atoms with Gasteiger partial charge in [0, 0.05) is 40.9 Å². The number of fused-ring (bicyclic) bond motifs is 7. The Bertz CT molecular complexity index is 1820. The summed E-state index contributed by atoms with van der Waals surface area (Å²) in [5, 5.41) is 2.37. The molecule has 0 spiro atoms. The van der Waals surface area contributed by atoms with Gasteiger partial charge in [-0.1, -0.05) is 72.9 Å². The summed E-state index contributed by atoms with van der Waals surface area (Å²) >= 11 is 0. The highest BCUT2D eigenvalue weighted by atomic mass is 14.9. The molecule has 4 aromatic rings. The van der Waals surface area contributed by atoms with Gasteiger partial charge in [0.25, 0.3) is 0 Å². The van der Waals surface area contributed by atoms with Crippen molar-refractivity contribution in [3.63, 3.8) is 0 Å². The number of benzene rings is 2. The summed E-state index contributed by atoms with van der Waals surface area (Å²) in [6, 6.07) is 21.8. The third-order valence-electron chi connectivity index (χ3n) is 7.94. The van der Waals surface area contributed by atoms with Gasteiger partial charge in [-0.2, -0.15) is 0 Å². The summed E-state index contributed by atoms with van der Waals surface area (Å²) in [6.07, 6.45) is 19.9. The Morgan fingerprint density at radius 1 is 0.711 bits per heavy atom. The number of aliphatic imine (C=N–C) groups is 2. The molecule has 2 aliphatic carbocycles. The molecule has 38 heavy (non-hydrogen) atoms. The second-order valence-corrected chi connectivity index (χ2v) is 10.2. The zero-order valence-electron chi connectivity index (χ0n) is 20.7. The van der Waals surface area contributed by atoms with Crippen LogP contribution in [0.15, 0.2) is 107 Å². The molecule has 3 atom stereocenters. The Morgan fingerprint density at radius 2 is 1.50 bits per heavy atom. The first-order valence-electron chi connectivity index (χ1n) is 13.2. The predicted octanol–water partition coefficient (Wildman–Crippen LogP) is 7.64. The molecule has 2 aliphatic heterocycles. The van der Waals surface area contributed by atoms with Crippen molar-refractivity contribution in [1.82, 2.24) is 9.97 Å². The van der Waals surface area contributed by atoms with Crippen molar-refractivity contribution in [2.45, 2.75) is 12.5 Å². The summed E-state index contributed by atoms with van der Waals surface area (Å²) in [7, 11) is 0. The Kier molecular flexibility index (Phi) is 4.74. The molecule has 0 bridgehead atoms. The van der Waals surface area contributed by atoms with Crippen LogP contribution < -0.4 is 0 Å². The number of dihydropyridines is 1. The highest BCUT2D eigenvalue weighted by molar-refractivity contribution is 6.07. The van der Waals surface area contributed by atoms with E-state index in [0.717, 1.165) is 57.2 Å². The van der Waals surface area contributed by atoms with Gasteiger partial charge in [-0.25, -0.2) is 9.97 Å². The topological polar surface area (TPSA) is 50.5 Å². The van der Waals surface area contributed by atoms with E-state index < -0.39 is 0 Å². The first kappa shape index (κ1) is 21.4. The minimum absolute atomic E-state index is 0.0563. The molecule has 0 saturated carbocycles. The molecule has 3 unspecified atom stereocenters. The third-order valence-corrected chi connectivity index (χ3v) is 7.94. The summed E-state index contributed by atoms with van der Waals surface area (Å²) in [5.74, 6) is 0.597. The number of pyridine rings is 2. The molecule has 2 aromatic carbocycles. The van der Waals surface area contributed by atoms with Crippen LogP contribution in [0.25, 0.3) is 45.4 Å². The molecular weight excluding hydrogens is 464 g/mol. The molecule has 8 rings (SSSR count). The van der Waals surface area contributed by atoms with Gasteiger partial charge in [-0.15, -0.1) is 0 Å².